The van der Waals surface area contributed by atoms with Crippen molar-refractivity contribution in [3.63, 3.8) is 0 Å². The Labute approximate surface area is 142 Å². The van der Waals surface area contributed by atoms with Crippen LogP contribution in [0, 0.1) is 6.92 Å². The number of hydrogen-bond acceptors (Lipinski definition) is 3. The molecule has 0 aliphatic heterocycles. The lowest BCUT2D eigenvalue weighted by Crippen LogP contribution is -2.24. The molecule has 0 spiro atoms. The molecule has 1 heterocycles. The van der Waals surface area contributed by atoms with E-state index in [4.69, 9.17) is 0 Å². The molecule has 2 rings (SSSR count). The van der Waals surface area contributed by atoms with Crippen molar-refractivity contribution in [3.05, 3.63) is 70.5 Å². The summed E-state index contributed by atoms with van der Waals surface area (Å²) >= 11 is 3.41. The number of nitrogens with one attached hydrogen (secondary N) is 2. The van der Waals surface area contributed by atoms with Gasteiger partial charge in [0, 0.05) is 28.5 Å². The molecule has 2 amide bonds. The van der Waals surface area contributed by atoms with Crippen molar-refractivity contribution < 1.29 is 9.59 Å². The van der Waals surface area contributed by atoms with Gasteiger partial charge in [0.05, 0.1) is 0 Å². The number of aryl methyl sites for hydroxylation is 1. The molecule has 0 aliphatic carbocycles. The van der Waals surface area contributed by atoms with Gasteiger partial charge in [-0.25, -0.2) is 0 Å². The zero-order chi connectivity index (χ0) is 16.8. The van der Waals surface area contributed by atoms with Crippen molar-refractivity contribution in [1.82, 2.24) is 10.3 Å². The molecule has 23 heavy (non-hydrogen) atoms. The number of pyridine rings is 1. The highest BCUT2D eigenvalue weighted by Gasteiger charge is 2.12. The maximum atomic E-state index is 12.3. The van der Waals surface area contributed by atoms with Crippen molar-refractivity contribution >= 4 is 33.4 Å². The van der Waals surface area contributed by atoms with Gasteiger partial charge in [0.1, 0.15) is 5.69 Å². The Morgan fingerprint density at radius 2 is 2.04 bits per heavy atom. The molecule has 2 aromatic rings. The molecule has 0 bridgehead atoms. The lowest BCUT2D eigenvalue weighted by molar-refractivity contribution is 0.0953. The quantitative estimate of drug-likeness (QED) is 0.789. The fourth-order valence-electron chi connectivity index (χ4n) is 1.88. The molecule has 0 saturated heterocycles. The van der Waals surface area contributed by atoms with Gasteiger partial charge in [0.25, 0.3) is 11.8 Å². The van der Waals surface area contributed by atoms with Gasteiger partial charge in [-0.3, -0.25) is 14.6 Å². The number of benzene rings is 1. The molecule has 118 valence electrons. The third kappa shape index (κ3) is 4.50. The van der Waals surface area contributed by atoms with Crippen LogP contribution in [-0.4, -0.2) is 23.3 Å². The van der Waals surface area contributed by atoms with Crippen LogP contribution in [-0.2, 0) is 0 Å². The fraction of sp³-hybridized carbons (Fsp3) is 0.118. The highest BCUT2D eigenvalue weighted by atomic mass is 79.9. The van der Waals surface area contributed by atoms with E-state index in [-0.39, 0.29) is 17.5 Å². The standard InChI is InChI=1S/C17H16BrN3O2/c1-3-7-20-17(23)15-10-12(6-8-19-15)16(22)21-13-4-5-14(18)11(2)9-13/h3-6,8-10H,1,7H2,2H3,(H,20,23)(H,21,22). The lowest BCUT2D eigenvalue weighted by atomic mass is 10.2. The zero-order valence-corrected chi connectivity index (χ0v) is 14.2. The summed E-state index contributed by atoms with van der Waals surface area (Å²) in [6.45, 7) is 5.81. The van der Waals surface area contributed by atoms with E-state index >= 15 is 0 Å². The molecule has 0 atom stereocenters. The van der Waals surface area contributed by atoms with E-state index in [1.165, 1.54) is 12.3 Å². The van der Waals surface area contributed by atoms with E-state index in [9.17, 15) is 9.59 Å². The summed E-state index contributed by atoms with van der Waals surface area (Å²) in [6, 6.07) is 8.55. The van der Waals surface area contributed by atoms with Crippen LogP contribution in [0.25, 0.3) is 0 Å². The van der Waals surface area contributed by atoms with Crippen LogP contribution in [0.15, 0.2) is 53.7 Å². The van der Waals surface area contributed by atoms with Crippen LogP contribution < -0.4 is 10.6 Å². The Morgan fingerprint density at radius 3 is 2.74 bits per heavy atom. The molecular weight excluding hydrogens is 358 g/mol. The number of halogens is 1. The van der Waals surface area contributed by atoms with Gasteiger partial charge in [0.15, 0.2) is 0 Å². The predicted molar refractivity (Wildman–Crippen MR) is 93.6 cm³/mol. The van der Waals surface area contributed by atoms with Gasteiger partial charge < -0.3 is 10.6 Å². The number of aromatic nitrogens is 1. The molecule has 0 radical (unpaired) electrons. The topological polar surface area (TPSA) is 71.1 Å². The van der Waals surface area contributed by atoms with E-state index in [1.54, 1.807) is 18.2 Å². The Kier molecular flexibility index (Phi) is 5.65. The number of carbonyl (C=O) groups is 2. The number of carbonyl (C=O) groups excluding carboxylic acids is 2. The Balaban J connectivity index is 2.14. The fourth-order valence-corrected chi connectivity index (χ4v) is 2.12. The first-order valence-corrected chi connectivity index (χ1v) is 7.73. The normalized spacial score (nSPS) is 10.0. The van der Waals surface area contributed by atoms with Gasteiger partial charge in [0.2, 0.25) is 0 Å². The molecule has 0 fully saturated rings. The SMILES string of the molecule is C=CCNC(=O)c1cc(C(=O)Nc2ccc(Br)c(C)c2)ccn1. The smallest absolute Gasteiger partial charge is 0.270 e. The molecule has 0 unspecified atom stereocenters. The number of rotatable bonds is 5. The summed E-state index contributed by atoms with van der Waals surface area (Å²) in [5.74, 6) is -0.647. The monoisotopic (exact) mass is 373 g/mol. The highest BCUT2D eigenvalue weighted by Crippen LogP contribution is 2.20. The second-order valence-corrected chi connectivity index (χ2v) is 5.70. The van der Waals surface area contributed by atoms with Crippen molar-refractivity contribution in [2.75, 3.05) is 11.9 Å². The number of hydrogen-bond donors (Lipinski definition) is 2. The van der Waals surface area contributed by atoms with Gasteiger partial charge in [-0.15, -0.1) is 6.58 Å². The molecule has 6 heteroatoms. The van der Waals surface area contributed by atoms with Crippen LogP contribution in [0.2, 0.25) is 0 Å². The predicted octanol–water partition coefficient (Wildman–Crippen LogP) is 3.32. The summed E-state index contributed by atoms with van der Waals surface area (Å²) in [4.78, 5) is 28.1. The minimum absolute atomic E-state index is 0.187. The summed E-state index contributed by atoms with van der Waals surface area (Å²) in [5, 5.41) is 5.42. The maximum Gasteiger partial charge on any atom is 0.270 e. The molecule has 0 aliphatic rings. The minimum atomic E-state index is -0.348. The molecule has 2 N–H and O–H groups in total. The van der Waals surface area contributed by atoms with Gasteiger partial charge in [-0.1, -0.05) is 22.0 Å². The van der Waals surface area contributed by atoms with Crippen molar-refractivity contribution in [1.29, 1.82) is 0 Å². The van der Waals surface area contributed by atoms with Gasteiger partial charge >= 0.3 is 0 Å². The Hall–Kier alpha value is -2.47. The van der Waals surface area contributed by atoms with Gasteiger partial charge in [-0.2, -0.15) is 0 Å². The average molecular weight is 374 g/mol. The number of amides is 2. The summed E-state index contributed by atoms with van der Waals surface area (Å²) < 4.78 is 0.973. The van der Waals surface area contributed by atoms with Crippen molar-refractivity contribution in [2.24, 2.45) is 0 Å². The average Bonchev–Trinajstić information content (AvgIpc) is 2.56. The Bertz CT molecular complexity index is 759. The zero-order valence-electron chi connectivity index (χ0n) is 12.6. The third-order valence-electron chi connectivity index (χ3n) is 3.08. The second kappa shape index (κ2) is 7.69. The first-order valence-electron chi connectivity index (χ1n) is 6.94. The van der Waals surface area contributed by atoms with Crippen molar-refractivity contribution in [3.8, 4) is 0 Å². The molecule has 1 aromatic heterocycles. The van der Waals surface area contributed by atoms with Crippen LogP contribution in [0.5, 0.6) is 0 Å². The summed E-state index contributed by atoms with van der Waals surface area (Å²) in [7, 11) is 0. The highest BCUT2D eigenvalue weighted by molar-refractivity contribution is 9.10. The van der Waals surface area contributed by atoms with Crippen LogP contribution in [0.4, 0.5) is 5.69 Å². The maximum absolute atomic E-state index is 12.3. The van der Waals surface area contributed by atoms with E-state index in [2.05, 4.69) is 38.1 Å². The van der Waals surface area contributed by atoms with E-state index < -0.39 is 0 Å². The van der Waals surface area contributed by atoms with E-state index in [0.29, 0.717) is 17.8 Å². The van der Waals surface area contributed by atoms with Crippen LogP contribution in [0.1, 0.15) is 26.4 Å². The summed E-state index contributed by atoms with van der Waals surface area (Å²) in [5.41, 5.74) is 2.25. The van der Waals surface area contributed by atoms with Crippen LogP contribution in [0.3, 0.4) is 0 Å². The first kappa shape index (κ1) is 16.9. The Morgan fingerprint density at radius 1 is 1.26 bits per heavy atom. The van der Waals surface area contributed by atoms with Crippen molar-refractivity contribution in [2.45, 2.75) is 6.92 Å². The van der Waals surface area contributed by atoms with E-state index in [1.807, 2.05) is 19.1 Å². The molecule has 5 nitrogen and oxygen atoms in total. The number of anilines is 1. The largest absolute Gasteiger partial charge is 0.347 e. The molecular formula is C17H16BrN3O2. The summed E-state index contributed by atoms with van der Waals surface area (Å²) in [6.07, 6.45) is 3.01. The second-order valence-electron chi connectivity index (χ2n) is 4.85. The minimum Gasteiger partial charge on any atom is -0.347 e. The van der Waals surface area contributed by atoms with Gasteiger partial charge in [-0.05, 0) is 42.8 Å². The first-order chi connectivity index (χ1) is 11.0. The third-order valence-corrected chi connectivity index (χ3v) is 3.97. The molecule has 1 aromatic carbocycles. The van der Waals surface area contributed by atoms with E-state index in [0.717, 1.165) is 10.0 Å². The number of nitrogens with zero attached hydrogens (tertiary/aromatic N) is 1. The molecule has 0 saturated carbocycles. The lowest BCUT2D eigenvalue weighted by Gasteiger charge is -2.08. The van der Waals surface area contributed by atoms with Crippen LogP contribution >= 0.6 is 15.9 Å².